The summed E-state index contributed by atoms with van der Waals surface area (Å²) in [5.41, 5.74) is -0.416. The van der Waals surface area contributed by atoms with Gasteiger partial charge in [-0.25, -0.2) is 0 Å². The lowest BCUT2D eigenvalue weighted by Crippen LogP contribution is -2.43. The maximum absolute atomic E-state index is 9.80. The summed E-state index contributed by atoms with van der Waals surface area (Å²) in [7, 11) is 0. The Balaban J connectivity index is 2.16. The van der Waals surface area contributed by atoms with Crippen LogP contribution in [0.3, 0.4) is 0 Å². The van der Waals surface area contributed by atoms with Gasteiger partial charge in [0.1, 0.15) is 0 Å². The van der Waals surface area contributed by atoms with Gasteiger partial charge in [0.05, 0.1) is 5.60 Å². The predicted octanol–water partition coefficient (Wildman–Crippen LogP) is 0.509. The molecule has 58 valence electrons. The van der Waals surface area contributed by atoms with E-state index in [0.717, 1.165) is 18.9 Å². The van der Waals surface area contributed by atoms with E-state index in [4.69, 9.17) is 0 Å². The fraction of sp³-hybridized carbons (Fsp3) is 1.00. The lowest BCUT2D eigenvalue weighted by molar-refractivity contribution is 0.0402. The van der Waals surface area contributed by atoms with Gasteiger partial charge in [0.25, 0.3) is 0 Å². The van der Waals surface area contributed by atoms with Gasteiger partial charge in [-0.05, 0) is 38.6 Å². The summed E-state index contributed by atoms with van der Waals surface area (Å²) < 4.78 is 0. The van der Waals surface area contributed by atoms with Gasteiger partial charge in [0, 0.05) is 6.04 Å². The average molecular weight is 141 g/mol. The maximum Gasteiger partial charge on any atom is 0.0774 e. The quantitative estimate of drug-likeness (QED) is 0.515. The Morgan fingerprint density at radius 3 is 3.00 bits per heavy atom. The second kappa shape index (κ2) is 1.95. The minimum atomic E-state index is -0.416. The molecule has 0 bridgehead atoms. The fourth-order valence-electron chi connectivity index (χ4n) is 2.43. The SMILES string of the molecule is C[C@@]1(O)CC[C@@H]2CCNC21. The normalized spacial score (nSPS) is 53.4. The van der Waals surface area contributed by atoms with Crippen LogP contribution in [-0.4, -0.2) is 23.3 Å². The van der Waals surface area contributed by atoms with Crippen molar-refractivity contribution in [2.24, 2.45) is 5.92 Å². The van der Waals surface area contributed by atoms with E-state index in [1.165, 1.54) is 12.8 Å². The molecule has 2 N–H and O–H groups in total. The van der Waals surface area contributed by atoms with Gasteiger partial charge in [-0.2, -0.15) is 0 Å². The Morgan fingerprint density at radius 1 is 1.50 bits per heavy atom. The monoisotopic (exact) mass is 141 g/mol. The smallest absolute Gasteiger partial charge is 0.0774 e. The summed E-state index contributed by atoms with van der Waals surface area (Å²) in [6.07, 6.45) is 3.46. The second-order valence-electron chi connectivity index (χ2n) is 3.88. The van der Waals surface area contributed by atoms with E-state index in [9.17, 15) is 5.11 Å². The second-order valence-corrected chi connectivity index (χ2v) is 3.88. The third-order valence-electron chi connectivity index (χ3n) is 3.04. The molecule has 1 aliphatic heterocycles. The molecule has 0 spiro atoms. The third-order valence-corrected chi connectivity index (χ3v) is 3.04. The van der Waals surface area contributed by atoms with Crippen molar-refractivity contribution in [3.8, 4) is 0 Å². The van der Waals surface area contributed by atoms with Gasteiger partial charge < -0.3 is 10.4 Å². The minimum Gasteiger partial charge on any atom is -0.389 e. The fourth-order valence-corrected chi connectivity index (χ4v) is 2.43. The standard InChI is InChI=1S/C8H15NO/c1-8(10)4-2-6-3-5-9-7(6)8/h6-7,9-10H,2-5H2,1H3/t6-,7?,8-/m1/s1. The zero-order chi connectivity index (χ0) is 7.19. The average Bonchev–Trinajstić information content (AvgIpc) is 2.36. The van der Waals surface area contributed by atoms with Crippen LogP contribution in [0.2, 0.25) is 0 Å². The first kappa shape index (κ1) is 6.62. The van der Waals surface area contributed by atoms with Crippen LogP contribution in [0.5, 0.6) is 0 Å². The van der Waals surface area contributed by atoms with Gasteiger partial charge in [0.15, 0.2) is 0 Å². The molecule has 2 fully saturated rings. The van der Waals surface area contributed by atoms with Gasteiger partial charge >= 0.3 is 0 Å². The highest BCUT2D eigenvalue weighted by Gasteiger charge is 2.45. The number of rotatable bonds is 0. The summed E-state index contributed by atoms with van der Waals surface area (Å²) >= 11 is 0. The molecule has 0 aromatic rings. The summed E-state index contributed by atoms with van der Waals surface area (Å²) in [4.78, 5) is 0. The van der Waals surface area contributed by atoms with E-state index < -0.39 is 5.60 Å². The molecule has 0 amide bonds. The highest BCUT2D eigenvalue weighted by atomic mass is 16.3. The van der Waals surface area contributed by atoms with E-state index in [1.807, 2.05) is 6.92 Å². The number of hydrogen-bond acceptors (Lipinski definition) is 2. The number of fused-ring (bicyclic) bond motifs is 1. The molecule has 2 heteroatoms. The van der Waals surface area contributed by atoms with Crippen LogP contribution < -0.4 is 5.32 Å². The molecular formula is C8H15NO. The van der Waals surface area contributed by atoms with Crippen LogP contribution >= 0.6 is 0 Å². The van der Waals surface area contributed by atoms with Crippen LogP contribution in [-0.2, 0) is 0 Å². The van der Waals surface area contributed by atoms with Crippen LogP contribution in [0.4, 0.5) is 0 Å². The zero-order valence-electron chi connectivity index (χ0n) is 6.43. The first-order valence-corrected chi connectivity index (χ1v) is 4.16. The summed E-state index contributed by atoms with van der Waals surface area (Å²) in [6.45, 7) is 3.06. The Kier molecular flexibility index (Phi) is 1.29. The summed E-state index contributed by atoms with van der Waals surface area (Å²) in [5.74, 6) is 0.759. The van der Waals surface area contributed by atoms with Crippen molar-refractivity contribution in [1.82, 2.24) is 5.32 Å². The molecule has 0 radical (unpaired) electrons. The first-order valence-electron chi connectivity index (χ1n) is 4.16. The van der Waals surface area contributed by atoms with E-state index in [1.54, 1.807) is 0 Å². The number of hydrogen-bond donors (Lipinski definition) is 2. The lowest BCUT2D eigenvalue weighted by atomic mass is 9.97. The topological polar surface area (TPSA) is 32.3 Å². The van der Waals surface area contributed by atoms with Crippen molar-refractivity contribution in [3.63, 3.8) is 0 Å². The molecule has 1 saturated heterocycles. The maximum atomic E-state index is 9.80. The zero-order valence-corrected chi connectivity index (χ0v) is 6.43. The predicted molar refractivity (Wildman–Crippen MR) is 39.8 cm³/mol. The molecule has 1 aliphatic carbocycles. The Bertz CT molecular complexity index is 144. The van der Waals surface area contributed by atoms with Crippen molar-refractivity contribution in [1.29, 1.82) is 0 Å². The van der Waals surface area contributed by atoms with E-state index in [0.29, 0.717) is 6.04 Å². The Labute approximate surface area is 61.6 Å². The molecule has 1 saturated carbocycles. The highest BCUT2D eigenvalue weighted by molar-refractivity contribution is 5.02. The number of nitrogens with one attached hydrogen (secondary N) is 1. The van der Waals surface area contributed by atoms with Crippen molar-refractivity contribution < 1.29 is 5.11 Å². The molecule has 2 nitrogen and oxygen atoms in total. The molecule has 0 aromatic heterocycles. The third kappa shape index (κ3) is 0.789. The number of aliphatic hydroxyl groups is 1. The van der Waals surface area contributed by atoms with Crippen molar-refractivity contribution >= 4 is 0 Å². The van der Waals surface area contributed by atoms with Crippen LogP contribution in [0.1, 0.15) is 26.2 Å². The largest absolute Gasteiger partial charge is 0.389 e. The van der Waals surface area contributed by atoms with E-state index in [-0.39, 0.29) is 0 Å². The lowest BCUT2D eigenvalue weighted by Gasteiger charge is -2.24. The highest BCUT2D eigenvalue weighted by Crippen LogP contribution is 2.38. The van der Waals surface area contributed by atoms with Gasteiger partial charge in [0.2, 0.25) is 0 Å². The van der Waals surface area contributed by atoms with Crippen molar-refractivity contribution in [2.45, 2.75) is 37.8 Å². The Hall–Kier alpha value is -0.0800. The van der Waals surface area contributed by atoms with E-state index >= 15 is 0 Å². The molecule has 1 unspecified atom stereocenters. The molecule has 2 rings (SSSR count). The van der Waals surface area contributed by atoms with Crippen molar-refractivity contribution in [3.05, 3.63) is 0 Å². The van der Waals surface area contributed by atoms with Crippen LogP contribution in [0.25, 0.3) is 0 Å². The molecule has 10 heavy (non-hydrogen) atoms. The first-order chi connectivity index (χ1) is 4.70. The van der Waals surface area contributed by atoms with Crippen LogP contribution in [0.15, 0.2) is 0 Å². The summed E-state index contributed by atoms with van der Waals surface area (Å²) in [6, 6.07) is 0.396. The molecule has 3 atom stereocenters. The molecule has 2 aliphatic rings. The molecule has 0 aromatic carbocycles. The van der Waals surface area contributed by atoms with E-state index in [2.05, 4.69) is 5.32 Å². The van der Waals surface area contributed by atoms with Gasteiger partial charge in [-0.1, -0.05) is 0 Å². The van der Waals surface area contributed by atoms with Crippen LogP contribution in [0, 0.1) is 5.92 Å². The molecular weight excluding hydrogens is 126 g/mol. The molecule has 1 heterocycles. The summed E-state index contributed by atoms with van der Waals surface area (Å²) in [5, 5.41) is 13.2. The van der Waals surface area contributed by atoms with Crippen molar-refractivity contribution in [2.75, 3.05) is 6.54 Å². The Morgan fingerprint density at radius 2 is 2.30 bits per heavy atom. The van der Waals surface area contributed by atoms with Gasteiger partial charge in [-0.3, -0.25) is 0 Å². The minimum absolute atomic E-state index is 0.396. The van der Waals surface area contributed by atoms with Gasteiger partial charge in [-0.15, -0.1) is 0 Å².